The summed E-state index contributed by atoms with van der Waals surface area (Å²) in [6, 6.07) is 68.1. The van der Waals surface area contributed by atoms with Gasteiger partial charge in [-0.2, -0.15) is 0 Å². The lowest BCUT2D eigenvalue weighted by Crippen LogP contribution is -2.04. The summed E-state index contributed by atoms with van der Waals surface area (Å²) in [6.07, 6.45) is 0. The number of nitrogens with zero attached hydrogens (tertiary/aromatic N) is 4. The van der Waals surface area contributed by atoms with Crippen LogP contribution in [0.4, 0.5) is 0 Å². The van der Waals surface area contributed by atoms with Crippen LogP contribution in [0.3, 0.4) is 0 Å². The van der Waals surface area contributed by atoms with Gasteiger partial charge in [0, 0.05) is 43.6 Å². The zero-order chi connectivity index (χ0) is 41.2. The summed E-state index contributed by atoms with van der Waals surface area (Å²) in [4.78, 5) is 16.2. The second-order valence-corrected chi connectivity index (χ2v) is 16.3. The highest BCUT2D eigenvalue weighted by Crippen LogP contribution is 2.45. The first-order valence-corrected chi connectivity index (χ1v) is 21.2. The fourth-order valence-electron chi connectivity index (χ4n) is 9.87. The van der Waals surface area contributed by atoms with Crippen LogP contribution in [0.25, 0.3) is 138 Å². The van der Waals surface area contributed by atoms with Gasteiger partial charge in [-0.05, 0) is 93.0 Å². The minimum atomic E-state index is 0.548. The molecule has 10 aromatic carbocycles. The number of fused-ring (bicyclic) bond motifs is 12. The highest BCUT2D eigenvalue weighted by atomic mass is 16.3. The second kappa shape index (κ2) is 12.9. The first-order chi connectivity index (χ1) is 31.2. The van der Waals surface area contributed by atoms with Crippen LogP contribution in [0.1, 0.15) is 0 Å². The predicted molar refractivity (Wildman–Crippen MR) is 258 cm³/mol. The first-order valence-electron chi connectivity index (χ1n) is 21.2. The van der Waals surface area contributed by atoms with E-state index in [1.54, 1.807) is 0 Å². The van der Waals surface area contributed by atoms with Gasteiger partial charge in [0.15, 0.2) is 17.5 Å². The normalized spacial score (nSPS) is 12.1. The van der Waals surface area contributed by atoms with E-state index in [4.69, 9.17) is 23.8 Å². The third-order valence-electron chi connectivity index (χ3n) is 12.8. The van der Waals surface area contributed by atoms with Crippen LogP contribution in [0.5, 0.6) is 0 Å². The molecule has 0 amide bonds. The van der Waals surface area contributed by atoms with E-state index in [1.807, 2.05) is 30.3 Å². The Kier molecular flexibility index (Phi) is 7.02. The Morgan fingerprint density at radius 2 is 0.841 bits per heavy atom. The van der Waals surface area contributed by atoms with Crippen molar-refractivity contribution in [1.29, 1.82) is 0 Å². The van der Waals surface area contributed by atoms with Gasteiger partial charge < -0.3 is 13.4 Å². The van der Waals surface area contributed by atoms with Crippen molar-refractivity contribution in [3.05, 3.63) is 194 Å². The van der Waals surface area contributed by atoms with Crippen molar-refractivity contribution < 1.29 is 8.83 Å². The molecule has 0 aliphatic heterocycles. The molecule has 0 radical (unpaired) electrons. The summed E-state index contributed by atoms with van der Waals surface area (Å²) in [5.41, 5.74) is 8.93. The average Bonchev–Trinajstić information content (AvgIpc) is 4.00. The molecule has 292 valence electrons. The number of furan rings is 2. The van der Waals surface area contributed by atoms with Gasteiger partial charge in [-0.3, -0.25) is 0 Å². The standard InChI is InChI=1S/C57H32N4O2/c1-3-15-36-30-47-45(28-34(36)13-1)46-29-35-14-2-4-16-37(35)31-48(46)61(47)54-44(26-27-51-53(54)43-20-8-10-23-50(43)62-51)57-59-55(38-24-25-41-40-19-7-9-22-49(40)63-52(41)32-38)58-56(60-57)42-21-11-17-33-12-5-6-18-39(33)42/h1-32H. The van der Waals surface area contributed by atoms with Gasteiger partial charge in [0.1, 0.15) is 22.3 Å². The van der Waals surface area contributed by atoms with E-state index in [-0.39, 0.29) is 0 Å². The fourth-order valence-corrected chi connectivity index (χ4v) is 9.87. The molecule has 0 spiro atoms. The van der Waals surface area contributed by atoms with Gasteiger partial charge in [0.25, 0.3) is 0 Å². The van der Waals surface area contributed by atoms with Crippen molar-refractivity contribution in [3.8, 4) is 39.9 Å². The van der Waals surface area contributed by atoms with E-state index >= 15 is 0 Å². The van der Waals surface area contributed by atoms with E-state index in [1.165, 1.54) is 10.8 Å². The Bertz CT molecular complexity index is 4130. The number of benzene rings is 10. The van der Waals surface area contributed by atoms with Gasteiger partial charge >= 0.3 is 0 Å². The molecule has 0 unspecified atom stereocenters. The maximum Gasteiger partial charge on any atom is 0.166 e. The molecule has 4 aromatic heterocycles. The molecule has 0 atom stereocenters. The highest BCUT2D eigenvalue weighted by molar-refractivity contribution is 6.20. The van der Waals surface area contributed by atoms with E-state index in [0.717, 1.165) is 110 Å². The van der Waals surface area contributed by atoms with Gasteiger partial charge in [0.2, 0.25) is 0 Å². The van der Waals surface area contributed by atoms with Gasteiger partial charge in [-0.1, -0.05) is 133 Å². The third-order valence-corrected chi connectivity index (χ3v) is 12.8. The molecular weight excluding hydrogens is 773 g/mol. The summed E-state index contributed by atoms with van der Waals surface area (Å²) in [5.74, 6) is 1.68. The number of aromatic nitrogens is 4. The molecule has 0 bridgehead atoms. The van der Waals surface area contributed by atoms with Crippen LogP contribution in [-0.4, -0.2) is 19.5 Å². The minimum absolute atomic E-state index is 0.548. The molecule has 6 heteroatoms. The summed E-state index contributed by atoms with van der Waals surface area (Å²) < 4.78 is 15.5. The number of para-hydroxylation sites is 2. The van der Waals surface area contributed by atoms with Crippen LogP contribution >= 0.6 is 0 Å². The Morgan fingerprint density at radius 1 is 0.317 bits per heavy atom. The molecule has 0 saturated heterocycles. The summed E-state index contributed by atoms with van der Waals surface area (Å²) in [6.45, 7) is 0. The second-order valence-electron chi connectivity index (χ2n) is 16.3. The molecular formula is C57H32N4O2. The third kappa shape index (κ3) is 5.09. The quantitative estimate of drug-likeness (QED) is 0.177. The fraction of sp³-hybridized carbons (Fsp3) is 0. The number of hydrogen-bond donors (Lipinski definition) is 0. The number of rotatable bonds is 4. The molecule has 6 nitrogen and oxygen atoms in total. The van der Waals surface area contributed by atoms with Crippen molar-refractivity contribution in [2.24, 2.45) is 0 Å². The van der Waals surface area contributed by atoms with Crippen molar-refractivity contribution in [2.45, 2.75) is 0 Å². The summed E-state index contributed by atoms with van der Waals surface area (Å²) in [7, 11) is 0. The van der Waals surface area contributed by atoms with Gasteiger partial charge in [-0.15, -0.1) is 0 Å². The molecule has 14 rings (SSSR count). The van der Waals surface area contributed by atoms with E-state index < -0.39 is 0 Å². The molecule has 0 fully saturated rings. The van der Waals surface area contributed by atoms with Crippen LogP contribution in [-0.2, 0) is 0 Å². The van der Waals surface area contributed by atoms with Crippen LogP contribution in [0.2, 0.25) is 0 Å². The maximum absolute atomic E-state index is 6.67. The van der Waals surface area contributed by atoms with Gasteiger partial charge in [0.05, 0.1) is 22.1 Å². The first kappa shape index (κ1) is 34.1. The molecule has 0 aliphatic carbocycles. The number of hydrogen-bond acceptors (Lipinski definition) is 5. The largest absolute Gasteiger partial charge is 0.456 e. The Morgan fingerprint density at radius 3 is 1.56 bits per heavy atom. The highest BCUT2D eigenvalue weighted by Gasteiger charge is 2.25. The van der Waals surface area contributed by atoms with E-state index in [0.29, 0.717) is 17.5 Å². The van der Waals surface area contributed by atoms with Crippen LogP contribution in [0, 0.1) is 0 Å². The molecule has 4 heterocycles. The maximum atomic E-state index is 6.67. The molecule has 14 aromatic rings. The van der Waals surface area contributed by atoms with Crippen molar-refractivity contribution >= 4 is 98.0 Å². The monoisotopic (exact) mass is 804 g/mol. The lowest BCUT2D eigenvalue weighted by molar-refractivity contribution is 0.668. The topological polar surface area (TPSA) is 69.9 Å². The Labute approximate surface area is 358 Å². The predicted octanol–water partition coefficient (Wildman–Crippen LogP) is 15.2. The van der Waals surface area contributed by atoms with Crippen LogP contribution < -0.4 is 0 Å². The van der Waals surface area contributed by atoms with Crippen LogP contribution in [0.15, 0.2) is 203 Å². The molecule has 0 saturated carbocycles. The Hall–Kier alpha value is -8.61. The van der Waals surface area contributed by atoms with Crippen molar-refractivity contribution in [2.75, 3.05) is 0 Å². The summed E-state index contributed by atoms with van der Waals surface area (Å²) >= 11 is 0. The lowest BCUT2D eigenvalue weighted by Gasteiger charge is -2.17. The zero-order valence-electron chi connectivity index (χ0n) is 33.6. The molecule has 0 N–H and O–H groups in total. The average molecular weight is 805 g/mol. The Balaban J connectivity index is 1.13. The molecule has 63 heavy (non-hydrogen) atoms. The zero-order valence-corrected chi connectivity index (χ0v) is 33.6. The van der Waals surface area contributed by atoms with Crippen molar-refractivity contribution in [1.82, 2.24) is 19.5 Å². The molecule has 0 aliphatic rings. The van der Waals surface area contributed by atoms with Gasteiger partial charge in [-0.25, -0.2) is 15.0 Å². The SMILES string of the molecule is c1ccc2cc3c(cc2c1)c1cc2ccccc2cc1n3-c1c(-c2nc(-c3ccc4c(c3)oc3ccccc34)nc(-c3cccc4ccccc34)n2)ccc2oc3ccccc3c12. The van der Waals surface area contributed by atoms with Crippen molar-refractivity contribution in [3.63, 3.8) is 0 Å². The van der Waals surface area contributed by atoms with E-state index in [9.17, 15) is 0 Å². The lowest BCUT2D eigenvalue weighted by atomic mass is 10.0. The minimum Gasteiger partial charge on any atom is -0.456 e. The van der Waals surface area contributed by atoms with E-state index in [2.05, 4.69) is 168 Å². The smallest absolute Gasteiger partial charge is 0.166 e. The summed E-state index contributed by atoms with van der Waals surface area (Å²) in [5, 5.41) is 13.3.